The van der Waals surface area contributed by atoms with E-state index in [1.807, 2.05) is 13.0 Å². The van der Waals surface area contributed by atoms with Crippen molar-refractivity contribution in [1.82, 2.24) is 4.90 Å². The monoisotopic (exact) mass is 308 g/mol. The van der Waals surface area contributed by atoms with Gasteiger partial charge in [0.2, 0.25) is 0 Å². The minimum atomic E-state index is -0.388. The highest BCUT2D eigenvalue weighted by Crippen LogP contribution is 2.34. The fraction of sp³-hybridized carbons (Fsp3) is 0.333. The molecule has 1 amide bonds. The van der Waals surface area contributed by atoms with Crippen LogP contribution in [0.25, 0.3) is 6.08 Å². The van der Waals surface area contributed by atoms with E-state index in [1.54, 1.807) is 26.2 Å². The summed E-state index contributed by atoms with van der Waals surface area (Å²) in [6.07, 6.45) is 1.43. The minimum Gasteiger partial charge on any atom is -0.493 e. The van der Waals surface area contributed by atoms with Crippen LogP contribution >= 0.6 is 11.6 Å². The largest absolute Gasteiger partial charge is 0.493 e. The van der Waals surface area contributed by atoms with Gasteiger partial charge in [0.1, 0.15) is 11.6 Å². The summed E-state index contributed by atoms with van der Waals surface area (Å²) in [6.45, 7) is 2.33. The van der Waals surface area contributed by atoms with Gasteiger partial charge >= 0.3 is 0 Å². The highest BCUT2D eigenvalue weighted by molar-refractivity contribution is 6.32. The molecule has 0 aliphatic heterocycles. The average Bonchev–Trinajstić information content (AvgIpc) is 2.46. The molecule has 5 nitrogen and oxygen atoms in total. The van der Waals surface area contributed by atoms with Crippen molar-refractivity contribution < 1.29 is 14.3 Å². The summed E-state index contributed by atoms with van der Waals surface area (Å²) in [4.78, 5) is 13.2. The Labute approximate surface area is 129 Å². The lowest BCUT2D eigenvalue weighted by Crippen LogP contribution is -2.22. The molecule has 6 heteroatoms. The number of likely N-dealkylation sites (N-methyl/N-ethyl adjacent to an activating group) is 1. The van der Waals surface area contributed by atoms with Crippen molar-refractivity contribution in [3.8, 4) is 17.6 Å². The van der Waals surface area contributed by atoms with Crippen molar-refractivity contribution in [2.75, 3.05) is 27.8 Å². The number of methoxy groups -OCH3 is 1. The number of nitriles is 1. The van der Waals surface area contributed by atoms with Gasteiger partial charge in [-0.2, -0.15) is 5.26 Å². The van der Waals surface area contributed by atoms with E-state index >= 15 is 0 Å². The first-order valence-electron chi connectivity index (χ1n) is 6.28. The van der Waals surface area contributed by atoms with Crippen molar-refractivity contribution in [1.29, 1.82) is 5.26 Å². The second-order valence-corrected chi connectivity index (χ2v) is 4.73. The molecular weight excluding hydrogens is 292 g/mol. The van der Waals surface area contributed by atoms with Gasteiger partial charge in [-0.25, -0.2) is 0 Å². The molecule has 0 heterocycles. The second-order valence-electron chi connectivity index (χ2n) is 4.33. The smallest absolute Gasteiger partial charge is 0.264 e. The zero-order valence-electron chi connectivity index (χ0n) is 12.4. The van der Waals surface area contributed by atoms with E-state index in [0.717, 1.165) is 0 Å². The van der Waals surface area contributed by atoms with Crippen LogP contribution in [0.4, 0.5) is 0 Å². The van der Waals surface area contributed by atoms with Crippen molar-refractivity contribution in [3.63, 3.8) is 0 Å². The first-order valence-corrected chi connectivity index (χ1v) is 6.66. The quantitative estimate of drug-likeness (QED) is 0.620. The lowest BCUT2D eigenvalue weighted by atomic mass is 10.1. The van der Waals surface area contributed by atoms with Gasteiger partial charge in [-0.1, -0.05) is 11.6 Å². The zero-order valence-corrected chi connectivity index (χ0v) is 13.2. The molecular formula is C15H17ClN2O3. The maximum atomic E-state index is 11.8. The first kappa shape index (κ1) is 16.9. The molecule has 0 spiro atoms. The maximum Gasteiger partial charge on any atom is 0.264 e. The van der Waals surface area contributed by atoms with Crippen molar-refractivity contribution in [3.05, 3.63) is 28.3 Å². The van der Waals surface area contributed by atoms with Crippen LogP contribution in [0.3, 0.4) is 0 Å². The summed E-state index contributed by atoms with van der Waals surface area (Å²) in [6, 6.07) is 5.11. The fourth-order valence-electron chi connectivity index (χ4n) is 1.63. The van der Waals surface area contributed by atoms with Crippen LogP contribution in [-0.2, 0) is 4.79 Å². The summed E-state index contributed by atoms with van der Waals surface area (Å²) in [7, 11) is 4.66. The van der Waals surface area contributed by atoms with Crippen LogP contribution in [-0.4, -0.2) is 38.6 Å². The van der Waals surface area contributed by atoms with Gasteiger partial charge in [0, 0.05) is 20.2 Å². The van der Waals surface area contributed by atoms with Gasteiger partial charge in [0.25, 0.3) is 5.91 Å². The lowest BCUT2D eigenvalue weighted by Gasteiger charge is -2.12. The van der Waals surface area contributed by atoms with E-state index in [2.05, 4.69) is 0 Å². The molecule has 0 saturated heterocycles. The number of halogens is 1. The van der Waals surface area contributed by atoms with Gasteiger partial charge < -0.3 is 14.4 Å². The topological polar surface area (TPSA) is 62.6 Å². The van der Waals surface area contributed by atoms with Crippen LogP contribution in [0.15, 0.2) is 17.7 Å². The third kappa shape index (κ3) is 4.14. The summed E-state index contributed by atoms with van der Waals surface area (Å²) >= 11 is 6.16. The van der Waals surface area contributed by atoms with Gasteiger partial charge in [-0.3, -0.25) is 4.79 Å². The molecule has 0 N–H and O–H groups in total. The van der Waals surface area contributed by atoms with Gasteiger partial charge in [0.05, 0.1) is 18.7 Å². The zero-order chi connectivity index (χ0) is 16.0. The van der Waals surface area contributed by atoms with E-state index in [0.29, 0.717) is 28.7 Å². The molecule has 1 aromatic rings. The highest BCUT2D eigenvalue weighted by Gasteiger charge is 2.14. The Balaban J connectivity index is 3.31. The molecule has 0 saturated carbocycles. The molecule has 0 unspecified atom stereocenters. The maximum absolute atomic E-state index is 11.8. The number of amides is 1. The molecule has 0 atom stereocenters. The number of rotatable bonds is 5. The molecule has 0 fully saturated rings. The van der Waals surface area contributed by atoms with Gasteiger partial charge in [-0.05, 0) is 24.6 Å². The normalized spacial score (nSPS) is 10.8. The molecule has 1 rings (SSSR count). The standard InChI is InChI=1S/C15H17ClN2O3/c1-5-21-14-8-12(16)10(7-13(14)20-4)6-11(9-17)15(19)18(2)3/h6-8H,5H2,1-4H3/b11-6-. The summed E-state index contributed by atoms with van der Waals surface area (Å²) in [5.41, 5.74) is 0.511. The predicted molar refractivity (Wildman–Crippen MR) is 81.5 cm³/mol. The Morgan fingerprint density at radius 2 is 2.10 bits per heavy atom. The summed E-state index contributed by atoms with van der Waals surface area (Å²) in [5.74, 6) is 0.614. The van der Waals surface area contributed by atoms with Gasteiger partial charge in [0.15, 0.2) is 11.5 Å². The SMILES string of the molecule is CCOc1cc(Cl)c(/C=C(/C#N)C(=O)N(C)C)cc1OC. The molecule has 0 radical (unpaired) electrons. The molecule has 0 aromatic heterocycles. The Morgan fingerprint density at radius 1 is 1.43 bits per heavy atom. The van der Waals surface area contributed by atoms with Crippen LogP contribution in [0.2, 0.25) is 5.02 Å². The Bertz CT molecular complexity index is 604. The Kier molecular flexibility index (Phi) is 6.07. The average molecular weight is 309 g/mol. The van der Waals surface area contributed by atoms with Gasteiger partial charge in [-0.15, -0.1) is 0 Å². The van der Waals surface area contributed by atoms with Crippen molar-refractivity contribution >= 4 is 23.6 Å². The van der Waals surface area contributed by atoms with E-state index in [4.69, 9.17) is 26.3 Å². The number of carbonyl (C=O) groups excluding carboxylic acids is 1. The van der Waals surface area contributed by atoms with E-state index in [9.17, 15) is 4.79 Å². The molecule has 0 aliphatic rings. The predicted octanol–water partition coefficient (Wildman–Crippen LogP) is 2.74. The number of ether oxygens (including phenoxy) is 2. The lowest BCUT2D eigenvalue weighted by molar-refractivity contribution is -0.124. The minimum absolute atomic E-state index is 0.00638. The van der Waals surface area contributed by atoms with E-state index in [1.165, 1.54) is 18.1 Å². The summed E-state index contributed by atoms with van der Waals surface area (Å²) < 4.78 is 10.6. The van der Waals surface area contributed by atoms with E-state index in [-0.39, 0.29) is 11.5 Å². The molecule has 1 aromatic carbocycles. The molecule has 112 valence electrons. The number of benzene rings is 1. The van der Waals surface area contributed by atoms with Crippen LogP contribution in [0.5, 0.6) is 11.5 Å². The highest BCUT2D eigenvalue weighted by atomic mass is 35.5. The third-order valence-electron chi connectivity index (χ3n) is 2.64. The number of hydrogen-bond donors (Lipinski definition) is 0. The number of carbonyl (C=O) groups is 1. The van der Waals surface area contributed by atoms with Crippen molar-refractivity contribution in [2.24, 2.45) is 0 Å². The Morgan fingerprint density at radius 3 is 2.57 bits per heavy atom. The number of nitrogens with zero attached hydrogens (tertiary/aromatic N) is 2. The number of hydrogen-bond acceptors (Lipinski definition) is 4. The second kappa shape index (κ2) is 7.55. The van der Waals surface area contributed by atoms with Crippen LogP contribution < -0.4 is 9.47 Å². The van der Waals surface area contributed by atoms with E-state index < -0.39 is 0 Å². The van der Waals surface area contributed by atoms with Crippen molar-refractivity contribution in [2.45, 2.75) is 6.92 Å². The molecule has 21 heavy (non-hydrogen) atoms. The fourth-order valence-corrected chi connectivity index (χ4v) is 1.84. The molecule has 0 bridgehead atoms. The molecule has 0 aliphatic carbocycles. The Hall–Kier alpha value is -2.19. The first-order chi connectivity index (χ1) is 9.94. The van der Waals surface area contributed by atoms with Crippen LogP contribution in [0, 0.1) is 11.3 Å². The van der Waals surface area contributed by atoms with Crippen LogP contribution in [0.1, 0.15) is 12.5 Å². The third-order valence-corrected chi connectivity index (χ3v) is 2.97. The summed E-state index contributed by atoms with van der Waals surface area (Å²) in [5, 5.41) is 9.47.